The summed E-state index contributed by atoms with van der Waals surface area (Å²) in [6, 6.07) is 0. The first kappa shape index (κ1) is 9.61. The van der Waals surface area contributed by atoms with E-state index in [1.165, 1.54) is 0 Å². The molecule has 1 aromatic rings. The van der Waals surface area contributed by atoms with Crippen molar-refractivity contribution in [3.8, 4) is 0 Å². The Hall–Kier alpha value is -0.480. The zero-order valence-electron chi connectivity index (χ0n) is 5.49. The molecule has 1 rings (SSSR count). The van der Waals surface area contributed by atoms with Crippen molar-refractivity contribution in [3.63, 3.8) is 0 Å². The van der Waals surface area contributed by atoms with Crippen molar-refractivity contribution < 1.29 is 13.2 Å². The minimum atomic E-state index is -2.94. The van der Waals surface area contributed by atoms with Gasteiger partial charge in [-0.1, -0.05) is 23.2 Å². The Morgan fingerprint density at radius 1 is 1.33 bits per heavy atom. The molecule has 0 aliphatic heterocycles. The molecular formula is C6H2Cl2F3N. The Bertz CT molecular complexity index is 303. The molecule has 0 aliphatic rings. The smallest absolute Gasteiger partial charge is 0.242 e. The molecule has 0 atom stereocenters. The summed E-state index contributed by atoms with van der Waals surface area (Å²) < 4.78 is 36.7. The second-order valence-corrected chi connectivity index (χ2v) is 2.67. The molecule has 0 amide bonds. The minimum Gasteiger partial charge on any atom is -0.242 e. The lowest BCUT2D eigenvalue weighted by molar-refractivity contribution is 0.146. The number of pyridine rings is 1. The SMILES string of the molecule is Fc1c(C(F)F)cnc(Cl)c1Cl. The van der Waals surface area contributed by atoms with Crippen molar-refractivity contribution >= 4 is 23.2 Å². The summed E-state index contributed by atoms with van der Waals surface area (Å²) in [6.07, 6.45) is -2.28. The van der Waals surface area contributed by atoms with Gasteiger partial charge in [0.1, 0.15) is 5.02 Å². The number of aromatic nitrogens is 1. The van der Waals surface area contributed by atoms with Crippen LogP contribution in [0.1, 0.15) is 12.0 Å². The summed E-state index contributed by atoms with van der Waals surface area (Å²) in [7, 11) is 0. The van der Waals surface area contributed by atoms with Crippen molar-refractivity contribution in [3.05, 3.63) is 27.8 Å². The number of halogens is 5. The Balaban J connectivity index is 3.27. The highest BCUT2D eigenvalue weighted by atomic mass is 35.5. The van der Waals surface area contributed by atoms with Gasteiger partial charge in [-0.3, -0.25) is 0 Å². The Labute approximate surface area is 76.1 Å². The largest absolute Gasteiger partial charge is 0.268 e. The first-order valence-corrected chi connectivity index (χ1v) is 3.57. The summed E-state index contributed by atoms with van der Waals surface area (Å²) >= 11 is 10.5. The van der Waals surface area contributed by atoms with Crippen molar-refractivity contribution in [1.29, 1.82) is 0 Å². The van der Waals surface area contributed by atoms with Gasteiger partial charge >= 0.3 is 0 Å². The van der Waals surface area contributed by atoms with E-state index in [9.17, 15) is 13.2 Å². The van der Waals surface area contributed by atoms with Crippen LogP contribution < -0.4 is 0 Å². The normalized spacial score (nSPS) is 10.8. The summed E-state index contributed by atoms with van der Waals surface area (Å²) in [5.74, 6) is -1.22. The average Bonchev–Trinajstić information content (AvgIpc) is 2.00. The first-order valence-electron chi connectivity index (χ1n) is 2.81. The van der Waals surface area contributed by atoms with E-state index in [1.807, 2.05) is 0 Å². The molecule has 0 fully saturated rings. The number of rotatable bonds is 1. The maximum absolute atomic E-state index is 12.8. The van der Waals surface area contributed by atoms with Crippen LogP contribution in [0.4, 0.5) is 13.2 Å². The van der Waals surface area contributed by atoms with Crippen LogP contribution in [0.5, 0.6) is 0 Å². The van der Waals surface area contributed by atoms with E-state index in [1.54, 1.807) is 0 Å². The highest BCUT2D eigenvalue weighted by molar-refractivity contribution is 6.41. The molecule has 0 saturated carbocycles. The monoisotopic (exact) mass is 215 g/mol. The summed E-state index contributed by atoms with van der Waals surface area (Å²) in [6.45, 7) is 0. The lowest BCUT2D eigenvalue weighted by Gasteiger charge is -2.02. The van der Waals surface area contributed by atoms with Gasteiger partial charge in [-0.05, 0) is 0 Å². The predicted molar refractivity (Wildman–Crippen MR) is 39.2 cm³/mol. The lowest BCUT2D eigenvalue weighted by atomic mass is 10.3. The fraction of sp³-hybridized carbons (Fsp3) is 0.167. The molecule has 66 valence electrons. The average molecular weight is 216 g/mol. The molecule has 0 saturated heterocycles. The van der Waals surface area contributed by atoms with Crippen molar-refractivity contribution in [2.75, 3.05) is 0 Å². The second kappa shape index (κ2) is 3.49. The van der Waals surface area contributed by atoms with E-state index in [4.69, 9.17) is 23.2 Å². The number of hydrogen-bond acceptors (Lipinski definition) is 1. The predicted octanol–water partition coefficient (Wildman–Crippen LogP) is 3.47. The molecule has 12 heavy (non-hydrogen) atoms. The van der Waals surface area contributed by atoms with Crippen LogP contribution in [-0.2, 0) is 0 Å². The van der Waals surface area contributed by atoms with Gasteiger partial charge in [0.15, 0.2) is 11.0 Å². The Kier molecular flexibility index (Phi) is 2.80. The number of hydrogen-bond donors (Lipinski definition) is 0. The first-order chi connectivity index (χ1) is 5.54. The highest BCUT2D eigenvalue weighted by Gasteiger charge is 2.18. The van der Waals surface area contributed by atoms with Gasteiger partial charge in [0, 0.05) is 6.20 Å². The van der Waals surface area contributed by atoms with Crippen molar-refractivity contribution in [2.45, 2.75) is 6.43 Å². The number of nitrogens with zero attached hydrogens (tertiary/aromatic N) is 1. The van der Waals surface area contributed by atoms with E-state index >= 15 is 0 Å². The van der Waals surface area contributed by atoms with Gasteiger partial charge in [-0.2, -0.15) is 0 Å². The number of alkyl halides is 2. The van der Waals surface area contributed by atoms with Crippen LogP contribution in [0.15, 0.2) is 6.20 Å². The zero-order valence-corrected chi connectivity index (χ0v) is 7.00. The van der Waals surface area contributed by atoms with E-state index in [0.29, 0.717) is 6.20 Å². The molecule has 6 heteroatoms. The molecule has 0 aromatic carbocycles. The molecular weight excluding hydrogens is 214 g/mol. The second-order valence-electron chi connectivity index (χ2n) is 1.93. The summed E-state index contributed by atoms with van der Waals surface area (Å²) in [5, 5.41) is -0.895. The minimum absolute atomic E-state index is 0.321. The molecule has 0 spiro atoms. The molecule has 1 nitrogen and oxygen atoms in total. The van der Waals surface area contributed by atoms with Crippen LogP contribution >= 0.6 is 23.2 Å². The fourth-order valence-corrected chi connectivity index (χ4v) is 0.899. The third-order valence-electron chi connectivity index (χ3n) is 1.18. The topological polar surface area (TPSA) is 12.9 Å². The third kappa shape index (κ3) is 1.64. The zero-order chi connectivity index (χ0) is 9.30. The van der Waals surface area contributed by atoms with Crippen LogP contribution in [0.2, 0.25) is 10.2 Å². The third-order valence-corrected chi connectivity index (χ3v) is 1.91. The Morgan fingerprint density at radius 2 is 1.92 bits per heavy atom. The maximum atomic E-state index is 12.8. The van der Waals surface area contributed by atoms with Gasteiger partial charge in [0.2, 0.25) is 0 Å². The molecule has 0 radical (unpaired) electrons. The van der Waals surface area contributed by atoms with Crippen LogP contribution in [0.25, 0.3) is 0 Å². The molecule has 0 unspecified atom stereocenters. The summed E-state index contributed by atoms with van der Waals surface area (Å²) in [4.78, 5) is 3.27. The van der Waals surface area contributed by atoms with Crippen LogP contribution in [0.3, 0.4) is 0 Å². The quantitative estimate of drug-likeness (QED) is 0.655. The van der Waals surface area contributed by atoms with Crippen molar-refractivity contribution in [2.24, 2.45) is 0 Å². The Morgan fingerprint density at radius 3 is 2.42 bits per heavy atom. The summed E-state index contributed by atoms with van der Waals surface area (Å²) in [5.41, 5.74) is -0.843. The van der Waals surface area contributed by atoms with Crippen molar-refractivity contribution in [1.82, 2.24) is 4.98 Å². The van der Waals surface area contributed by atoms with Crippen LogP contribution in [-0.4, -0.2) is 4.98 Å². The van der Waals surface area contributed by atoms with Gasteiger partial charge in [0.25, 0.3) is 6.43 Å². The van der Waals surface area contributed by atoms with Gasteiger partial charge in [-0.25, -0.2) is 18.2 Å². The molecule has 1 heterocycles. The van der Waals surface area contributed by atoms with E-state index in [-0.39, 0.29) is 5.15 Å². The van der Waals surface area contributed by atoms with Crippen LogP contribution in [0, 0.1) is 5.82 Å². The lowest BCUT2D eigenvalue weighted by Crippen LogP contribution is -1.94. The van der Waals surface area contributed by atoms with Gasteiger partial charge in [-0.15, -0.1) is 0 Å². The van der Waals surface area contributed by atoms with E-state index in [0.717, 1.165) is 0 Å². The van der Waals surface area contributed by atoms with Gasteiger partial charge in [0.05, 0.1) is 5.56 Å². The maximum Gasteiger partial charge on any atom is 0.268 e. The highest BCUT2D eigenvalue weighted by Crippen LogP contribution is 2.29. The fourth-order valence-electron chi connectivity index (χ4n) is 0.609. The standard InChI is InChI=1S/C6H2Cl2F3N/c7-3-4(9)2(6(10)11)1-12-5(3)8/h1,6H. The molecule has 1 aromatic heterocycles. The molecule has 0 bridgehead atoms. The van der Waals surface area contributed by atoms with Gasteiger partial charge < -0.3 is 0 Å². The van der Waals surface area contributed by atoms with E-state index < -0.39 is 22.8 Å². The van der Waals surface area contributed by atoms with E-state index in [2.05, 4.69) is 4.98 Å². The molecule has 0 N–H and O–H groups in total. The molecule has 0 aliphatic carbocycles.